The molecule has 80 valence electrons. The van der Waals surface area contributed by atoms with Crippen molar-refractivity contribution >= 4 is 0 Å². The molecular weight excluding hydrogens is 186 g/mol. The number of hydrogen-bond acceptors (Lipinski definition) is 1. The van der Waals surface area contributed by atoms with E-state index < -0.39 is 0 Å². The van der Waals surface area contributed by atoms with E-state index in [4.69, 9.17) is 4.74 Å². The van der Waals surface area contributed by atoms with Crippen LogP contribution in [0.25, 0.3) is 0 Å². The predicted molar refractivity (Wildman–Crippen MR) is 52.2 cm³/mol. The van der Waals surface area contributed by atoms with Crippen LogP contribution in [-0.2, 0) is 4.74 Å². The van der Waals surface area contributed by atoms with Crippen LogP contribution >= 0.6 is 0 Å². The third-order valence-corrected chi connectivity index (χ3v) is 2.41. The minimum absolute atomic E-state index is 0.105. The van der Waals surface area contributed by atoms with Crippen LogP contribution in [0.5, 0.6) is 0 Å². The molecule has 0 aliphatic carbocycles. The lowest BCUT2D eigenvalue weighted by atomic mass is 10.0. The molecule has 0 amide bonds. The molecule has 2 atom stereocenters. The second-order valence-corrected chi connectivity index (χ2v) is 3.51. The molecule has 1 saturated heterocycles. The zero-order valence-corrected chi connectivity index (χ0v) is 8.16. The Kier molecular flexibility index (Phi) is 5.45. The average molecular weight is 202 g/mol. The van der Waals surface area contributed by atoms with Crippen molar-refractivity contribution in [1.82, 2.24) is 0 Å². The van der Waals surface area contributed by atoms with Crippen molar-refractivity contribution in [2.75, 3.05) is 0 Å². The van der Waals surface area contributed by atoms with Gasteiger partial charge in [0.1, 0.15) is 0 Å². The number of rotatable bonds is 4. The van der Waals surface area contributed by atoms with Crippen molar-refractivity contribution in [2.45, 2.75) is 44.3 Å². The van der Waals surface area contributed by atoms with Gasteiger partial charge in [0.2, 0.25) is 0 Å². The van der Waals surface area contributed by atoms with E-state index in [2.05, 4.69) is 0 Å². The van der Waals surface area contributed by atoms with Gasteiger partial charge in [0.25, 0.3) is 0 Å². The standard InChI is InChI=1S/C11H16F2O/c12-8-2-6-10-4-1-5-11(14-10)7-3-9-13/h2-3,8-11H,1,4-7H2. The predicted octanol–water partition coefficient (Wildman–Crippen LogP) is 3.67. The average Bonchev–Trinajstić information content (AvgIpc) is 2.24. The third-order valence-electron chi connectivity index (χ3n) is 2.41. The summed E-state index contributed by atoms with van der Waals surface area (Å²) in [6.45, 7) is 0. The van der Waals surface area contributed by atoms with Gasteiger partial charge in [-0.3, -0.25) is 0 Å². The van der Waals surface area contributed by atoms with Crippen LogP contribution in [0.2, 0.25) is 0 Å². The van der Waals surface area contributed by atoms with E-state index in [9.17, 15) is 8.78 Å². The summed E-state index contributed by atoms with van der Waals surface area (Å²) in [4.78, 5) is 0. The monoisotopic (exact) mass is 202 g/mol. The van der Waals surface area contributed by atoms with Crippen molar-refractivity contribution in [2.24, 2.45) is 0 Å². The summed E-state index contributed by atoms with van der Waals surface area (Å²) in [7, 11) is 0. The van der Waals surface area contributed by atoms with Gasteiger partial charge in [0.15, 0.2) is 0 Å². The van der Waals surface area contributed by atoms with Gasteiger partial charge in [-0.2, -0.15) is 0 Å². The highest BCUT2D eigenvalue weighted by Gasteiger charge is 2.20. The van der Waals surface area contributed by atoms with Gasteiger partial charge in [-0.05, 0) is 32.1 Å². The van der Waals surface area contributed by atoms with E-state index in [1.807, 2.05) is 0 Å². The van der Waals surface area contributed by atoms with Gasteiger partial charge in [-0.25, -0.2) is 8.78 Å². The fraction of sp³-hybridized carbons (Fsp3) is 0.636. The van der Waals surface area contributed by atoms with Crippen LogP contribution in [0.3, 0.4) is 0 Å². The Morgan fingerprint density at radius 2 is 1.50 bits per heavy atom. The Bertz CT molecular complexity index is 181. The summed E-state index contributed by atoms with van der Waals surface area (Å²) in [5.74, 6) is 0. The normalized spacial score (nSPS) is 29.0. The second kappa shape index (κ2) is 6.71. The summed E-state index contributed by atoms with van der Waals surface area (Å²) < 4.78 is 29.2. The molecule has 0 N–H and O–H groups in total. The maximum atomic E-state index is 11.8. The van der Waals surface area contributed by atoms with Crippen molar-refractivity contribution in [1.29, 1.82) is 0 Å². The van der Waals surface area contributed by atoms with Crippen molar-refractivity contribution in [3.63, 3.8) is 0 Å². The fourth-order valence-electron chi connectivity index (χ4n) is 1.73. The fourth-order valence-corrected chi connectivity index (χ4v) is 1.73. The number of halogens is 2. The molecule has 0 aromatic heterocycles. The molecule has 1 aliphatic heterocycles. The van der Waals surface area contributed by atoms with E-state index in [-0.39, 0.29) is 12.2 Å². The molecule has 1 nitrogen and oxygen atoms in total. The van der Waals surface area contributed by atoms with Gasteiger partial charge in [0.05, 0.1) is 24.9 Å². The first kappa shape index (κ1) is 11.4. The van der Waals surface area contributed by atoms with Crippen molar-refractivity contribution in [3.8, 4) is 0 Å². The zero-order valence-electron chi connectivity index (χ0n) is 8.16. The Hall–Kier alpha value is -0.700. The van der Waals surface area contributed by atoms with E-state index >= 15 is 0 Å². The second-order valence-electron chi connectivity index (χ2n) is 3.51. The Labute approximate surface area is 83.4 Å². The summed E-state index contributed by atoms with van der Waals surface area (Å²) in [6, 6.07) is 0. The molecule has 1 fully saturated rings. The van der Waals surface area contributed by atoms with Gasteiger partial charge >= 0.3 is 0 Å². The number of ether oxygens (including phenoxy) is 1. The smallest absolute Gasteiger partial charge is 0.0828 e. The van der Waals surface area contributed by atoms with Crippen LogP contribution in [0.4, 0.5) is 8.78 Å². The Morgan fingerprint density at radius 1 is 1.00 bits per heavy atom. The minimum atomic E-state index is 0.105. The van der Waals surface area contributed by atoms with E-state index in [0.717, 1.165) is 19.3 Å². The highest BCUT2D eigenvalue weighted by atomic mass is 19.1. The van der Waals surface area contributed by atoms with Crippen molar-refractivity contribution in [3.05, 3.63) is 24.8 Å². The summed E-state index contributed by atoms with van der Waals surface area (Å²) >= 11 is 0. The maximum absolute atomic E-state index is 11.8. The van der Waals surface area contributed by atoms with E-state index in [0.29, 0.717) is 25.5 Å². The molecule has 0 bridgehead atoms. The lowest BCUT2D eigenvalue weighted by molar-refractivity contribution is -0.0455. The Morgan fingerprint density at radius 3 is 1.93 bits per heavy atom. The minimum Gasteiger partial charge on any atom is -0.374 e. The molecule has 0 saturated carbocycles. The molecule has 1 heterocycles. The zero-order chi connectivity index (χ0) is 10.2. The lowest BCUT2D eigenvalue weighted by Gasteiger charge is -2.28. The Balaban J connectivity index is 2.28. The molecule has 3 heteroatoms. The van der Waals surface area contributed by atoms with Crippen LogP contribution < -0.4 is 0 Å². The van der Waals surface area contributed by atoms with Crippen molar-refractivity contribution < 1.29 is 13.5 Å². The van der Waals surface area contributed by atoms with Crippen LogP contribution in [-0.4, -0.2) is 12.2 Å². The molecular formula is C11H16F2O. The summed E-state index contributed by atoms with van der Waals surface area (Å²) in [5, 5.41) is 0. The summed E-state index contributed by atoms with van der Waals surface area (Å²) in [5.41, 5.74) is 0. The first-order chi connectivity index (χ1) is 6.86. The van der Waals surface area contributed by atoms with Gasteiger partial charge < -0.3 is 4.74 Å². The topological polar surface area (TPSA) is 9.23 Å². The lowest BCUT2D eigenvalue weighted by Crippen LogP contribution is -2.26. The summed E-state index contributed by atoms with van der Waals surface area (Å²) in [6.07, 6.45) is 8.51. The molecule has 0 spiro atoms. The van der Waals surface area contributed by atoms with E-state index in [1.54, 1.807) is 0 Å². The molecule has 14 heavy (non-hydrogen) atoms. The molecule has 0 aromatic rings. The van der Waals surface area contributed by atoms with Crippen LogP contribution in [0, 0.1) is 0 Å². The largest absolute Gasteiger partial charge is 0.374 e. The molecule has 1 rings (SSSR count). The van der Waals surface area contributed by atoms with Gasteiger partial charge in [-0.15, -0.1) is 0 Å². The van der Waals surface area contributed by atoms with Gasteiger partial charge in [0, 0.05) is 0 Å². The van der Waals surface area contributed by atoms with Gasteiger partial charge in [-0.1, -0.05) is 12.2 Å². The van der Waals surface area contributed by atoms with Crippen LogP contribution in [0.15, 0.2) is 24.8 Å². The SMILES string of the molecule is FC=CCC1CCCC(CC=CF)O1. The third kappa shape index (κ3) is 4.01. The molecule has 0 radical (unpaired) electrons. The number of hydrogen-bond donors (Lipinski definition) is 0. The van der Waals surface area contributed by atoms with E-state index in [1.165, 1.54) is 12.2 Å². The quantitative estimate of drug-likeness (QED) is 0.675. The highest BCUT2D eigenvalue weighted by Crippen LogP contribution is 2.23. The molecule has 0 aromatic carbocycles. The first-order valence-electron chi connectivity index (χ1n) is 5.02. The first-order valence-corrected chi connectivity index (χ1v) is 5.02. The van der Waals surface area contributed by atoms with Crippen LogP contribution in [0.1, 0.15) is 32.1 Å². The maximum Gasteiger partial charge on any atom is 0.0828 e. The molecule has 1 aliphatic rings. The highest BCUT2D eigenvalue weighted by molar-refractivity contribution is 4.84. The molecule has 2 unspecified atom stereocenters.